The number of methoxy groups -OCH3 is 2. The fourth-order valence-electron chi connectivity index (χ4n) is 3.03. The fraction of sp³-hybridized carbons (Fsp3) is 0.333. The summed E-state index contributed by atoms with van der Waals surface area (Å²) < 4.78 is 10.9. The molecule has 2 rings (SSSR count). The Morgan fingerprint density at radius 3 is 1.27 bits per heavy atom. The van der Waals surface area contributed by atoms with Crippen LogP contribution in [-0.4, -0.2) is 14.2 Å². The van der Waals surface area contributed by atoms with Crippen LogP contribution in [0.15, 0.2) is 12.1 Å². The maximum absolute atomic E-state index is 6.33. The summed E-state index contributed by atoms with van der Waals surface area (Å²) >= 11 is 0. The summed E-state index contributed by atoms with van der Waals surface area (Å²) in [6, 6.07) is 4.05. The van der Waals surface area contributed by atoms with Crippen molar-refractivity contribution in [3.63, 3.8) is 0 Å². The summed E-state index contributed by atoms with van der Waals surface area (Å²) in [6.07, 6.45) is 0. The van der Waals surface area contributed by atoms with Crippen LogP contribution < -0.4 is 20.9 Å². The van der Waals surface area contributed by atoms with Crippen LogP contribution in [0.2, 0.25) is 0 Å². The summed E-state index contributed by atoms with van der Waals surface area (Å²) in [5.41, 5.74) is 19.9. The van der Waals surface area contributed by atoms with E-state index in [1.54, 1.807) is 14.2 Å². The maximum atomic E-state index is 6.33. The van der Waals surface area contributed by atoms with Gasteiger partial charge in [0.1, 0.15) is 11.5 Å². The third kappa shape index (κ3) is 2.34. The minimum atomic E-state index is 0.693. The lowest BCUT2D eigenvalue weighted by Gasteiger charge is -2.19. The van der Waals surface area contributed by atoms with Crippen molar-refractivity contribution in [1.29, 1.82) is 0 Å². The van der Waals surface area contributed by atoms with Gasteiger partial charge in [-0.15, -0.1) is 0 Å². The Bertz CT molecular complexity index is 673. The van der Waals surface area contributed by atoms with Crippen LogP contribution in [0.3, 0.4) is 0 Å². The van der Waals surface area contributed by atoms with Crippen LogP contribution in [0.4, 0.5) is 11.4 Å². The van der Waals surface area contributed by atoms with Gasteiger partial charge in [0, 0.05) is 33.6 Å². The lowest BCUT2D eigenvalue weighted by atomic mass is 9.92. The van der Waals surface area contributed by atoms with E-state index in [0.29, 0.717) is 11.4 Å². The normalized spacial score (nSPS) is 10.6. The van der Waals surface area contributed by atoms with Gasteiger partial charge < -0.3 is 20.9 Å². The number of benzene rings is 2. The Morgan fingerprint density at radius 1 is 0.682 bits per heavy atom. The predicted octanol–water partition coefficient (Wildman–Crippen LogP) is 3.77. The molecule has 0 saturated carbocycles. The van der Waals surface area contributed by atoms with E-state index in [2.05, 4.69) is 0 Å². The molecule has 0 aliphatic heterocycles. The van der Waals surface area contributed by atoms with Crippen molar-refractivity contribution in [1.82, 2.24) is 0 Å². The lowest BCUT2D eigenvalue weighted by molar-refractivity contribution is 0.408. The number of ether oxygens (including phenoxy) is 2. The molecule has 118 valence electrons. The minimum Gasteiger partial charge on any atom is -0.496 e. The summed E-state index contributed by atoms with van der Waals surface area (Å²) in [4.78, 5) is 0. The fourth-order valence-corrected chi connectivity index (χ4v) is 3.03. The van der Waals surface area contributed by atoms with Crippen LogP contribution in [-0.2, 0) is 0 Å². The monoisotopic (exact) mass is 300 g/mol. The molecule has 0 aromatic heterocycles. The molecule has 0 aliphatic carbocycles. The number of hydrogen-bond donors (Lipinski definition) is 2. The van der Waals surface area contributed by atoms with E-state index in [1.807, 2.05) is 39.8 Å². The molecule has 0 unspecified atom stereocenters. The van der Waals surface area contributed by atoms with Crippen molar-refractivity contribution >= 4 is 11.4 Å². The maximum Gasteiger partial charge on any atom is 0.126 e. The van der Waals surface area contributed by atoms with E-state index in [-0.39, 0.29) is 0 Å². The van der Waals surface area contributed by atoms with Crippen molar-refractivity contribution in [2.45, 2.75) is 27.7 Å². The summed E-state index contributed by atoms with van der Waals surface area (Å²) in [7, 11) is 3.31. The first-order chi connectivity index (χ1) is 10.3. The number of aryl methyl sites for hydroxylation is 2. The lowest BCUT2D eigenvalue weighted by Crippen LogP contribution is -2.03. The molecule has 2 aromatic rings. The van der Waals surface area contributed by atoms with Gasteiger partial charge in [0.25, 0.3) is 0 Å². The Morgan fingerprint density at radius 2 is 1.00 bits per heavy atom. The Hall–Kier alpha value is -2.36. The van der Waals surface area contributed by atoms with Crippen LogP contribution in [0.1, 0.15) is 22.3 Å². The average molecular weight is 300 g/mol. The smallest absolute Gasteiger partial charge is 0.126 e. The Kier molecular flexibility index (Phi) is 4.22. The summed E-state index contributed by atoms with van der Waals surface area (Å²) in [5.74, 6) is 1.64. The third-order valence-electron chi connectivity index (χ3n) is 4.21. The Labute approximate surface area is 132 Å². The van der Waals surface area contributed by atoms with E-state index in [0.717, 1.165) is 44.9 Å². The number of rotatable bonds is 3. The van der Waals surface area contributed by atoms with Crippen LogP contribution >= 0.6 is 0 Å². The van der Waals surface area contributed by atoms with Crippen molar-refractivity contribution in [2.24, 2.45) is 0 Å². The standard InChI is InChI=1S/C18H24N2O2/c1-9-7-13(15(19)11(3)17(9)21-5)14-8-10(2)18(22-6)12(4)16(14)20/h7-8H,19-20H2,1-6H3. The van der Waals surface area contributed by atoms with Gasteiger partial charge in [0.2, 0.25) is 0 Å². The highest BCUT2D eigenvalue weighted by Gasteiger charge is 2.18. The van der Waals surface area contributed by atoms with Crippen molar-refractivity contribution in [3.8, 4) is 22.6 Å². The molecule has 4 nitrogen and oxygen atoms in total. The molecule has 0 bridgehead atoms. The summed E-state index contributed by atoms with van der Waals surface area (Å²) in [5, 5.41) is 0. The number of anilines is 2. The molecule has 22 heavy (non-hydrogen) atoms. The van der Waals surface area contributed by atoms with Gasteiger partial charge in [-0.1, -0.05) is 0 Å². The molecule has 4 N–H and O–H groups in total. The van der Waals surface area contributed by atoms with E-state index < -0.39 is 0 Å². The first-order valence-electron chi connectivity index (χ1n) is 7.21. The molecule has 0 aliphatic rings. The SMILES string of the molecule is COc1c(C)cc(-c2cc(C)c(OC)c(C)c2N)c(N)c1C. The molecule has 0 heterocycles. The molecule has 0 fully saturated rings. The van der Waals surface area contributed by atoms with E-state index >= 15 is 0 Å². The Balaban J connectivity index is 2.78. The van der Waals surface area contributed by atoms with Crippen LogP contribution in [0.25, 0.3) is 11.1 Å². The quantitative estimate of drug-likeness (QED) is 0.847. The van der Waals surface area contributed by atoms with Gasteiger partial charge in [-0.25, -0.2) is 0 Å². The number of nitrogens with two attached hydrogens (primary N) is 2. The zero-order valence-corrected chi connectivity index (χ0v) is 14.1. The average Bonchev–Trinajstić information content (AvgIpc) is 2.48. The van der Waals surface area contributed by atoms with Crippen molar-refractivity contribution < 1.29 is 9.47 Å². The van der Waals surface area contributed by atoms with Gasteiger partial charge in [-0.05, 0) is 51.0 Å². The molecule has 4 heteroatoms. The second-order valence-electron chi connectivity index (χ2n) is 5.63. The highest BCUT2D eigenvalue weighted by molar-refractivity contribution is 5.90. The third-order valence-corrected chi connectivity index (χ3v) is 4.21. The molecule has 2 aromatic carbocycles. The predicted molar refractivity (Wildman–Crippen MR) is 92.8 cm³/mol. The largest absolute Gasteiger partial charge is 0.496 e. The van der Waals surface area contributed by atoms with Crippen molar-refractivity contribution in [3.05, 3.63) is 34.4 Å². The van der Waals surface area contributed by atoms with Gasteiger partial charge >= 0.3 is 0 Å². The van der Waals surface area contributed by atoms with Gasteiger partial charge in [-0.2, -0.15) is 0 Å². The van der Waals surface area contributed by atoms with Crippen LogP contribution in [0, 0.1) is 27.7 Å². The van der Waals surface area contributed by atoms with E-state index in [1.165, 1.54) is 0 Å². The minimum absolute atomic E-state index is 0.693. The molecular formula is C18H24N2O2. The molecule has 0 atom stereocenters. The van der Waals surface area contributed by atoms with E-state index in [4.69, 9.17) is 20.9 Å². The second-order valence-corrected chi connectivity index (χ2v) is 5.63. The van der Waals surface area contributed by atoms with Crippen LogP contribution in [0.5, 0.6) is 11.5 Å². The number of hydrogen-bond acceptors (Lipinski definition) is 4. The highest BCUT2D eigenvalue weighted by Crippen LogP contribution is 2.42. The summed E-state index contributed by atoms with van der Waals surface area (Å²) in [6.45, 7) is 7.94. The molecule has 0 saturated heterocycles. The highest BCUT2D eigenvalue weighted by atomic mass is 16.5. The van der Waals surface area contributed by atoms with Gasteiger partial charge in [0.15, 0.2) is 0 Å². The van der Waals surface area contributed by atoms with Gasteiger partial charge in [-0.3, -0.25) is 0 Å². The van der Waals surface area contributed by atoms with Gasteiger partial charge in [0.05, 0.1) is 14.2 Å². The molecule has 0 radical (unpaired) electrons. The second kappa shape index (κ2) is 5.79. The zero-order chi connectivity index (χ0) is 16.6. The molecule has 0 amide bonds. The topological polar surface area (TPSA) is 70.5 Å². The zero-order valence-electron chi connectivity index (χ0n) is 14.1. The van der Waals surface area contributed by atoms with E-state index in [9.17, 15) is 0 Å². The number of nitrogen functional groups attached to an aromatic ring is 2. The molecule has 0 spiro atoms. The molecular weight excluding hydrogens is 276 g/mol. The first-order valence-corrected chi connectivity index (χ1v) is 7.21. The first kappa shape index (κ1) is 16.0. The van der Waals surface area contributed by atoms with Crippen molar-refractivity contribution in [2.75, 3.05) is 25.7 Å².